The number of aliphatic hydroxyl groups is 1. The Balaban J connectivity index is 1.85. The zero-order valence-electron chi connectivity index (χ0n) is 15.5. The standard InChI is InChI=1S/C20H23NO7/c1-13(23)21-12-16(15-4-2-3-5-17(15)21)14-10-18(20(24)25)28-19(11-14)27-9-8-26-7-6-22/h2-5,10,12,14,19,22H,6-9,11H2,1H3,(H,24,25)/t14-,19+/m0/s1. The second-order valence-corrected chi connectivity index (χ2v) is 6.42. The van der Waals surface area contributed by atoms with Crippen LogP contribution in [-0.2, 0) is 19.0 Å². The molecular weight excluding hydrogens is 366 g/mol. The van der Waals surface area contributed by atoms with E-state index in [-0.39, 0.29) is 44.0 Å². The van der Waals surface area contributed by atoms with Gasteiger partial charge < -0.3 is 24.4 Å². The number of carboxylic acids is 1. The first kappa shape index (κ1) is 20.1. The predicted molar refractivity (Wildman–Crippen MR) is 100 cm³/mol. The number of carboxylic acid groups (broad SMARTS) is 1. The Kier molecular flexibility index (Phi) is 6.45. The zero-order valence-corrected chi connectivity index (χ0v) is 15.5. The van der Waals surface area contributed by atoms with Crippen molar-refractivity contribution < 1.29 is 34.0 Å². The first-order valence-electron chi connectivity index (χ1n) is 9.04. The van der Waals surface area contributed by atoms with E-state index in [1.54, 1.807) is 16.8 Å². The van der Waals surface area contributed by atoms with Crippen LogP contribution in [0.2, 0.25) is 0 Å². The largest absolute Gasteiger partial charge is 0.475 e. The summed E-state index contributed by atoms with van der Waals surface area (Å²) < 4.78 is 17.8. The monoisotopic (exact) mass is 389 g/mol. The fourth-order valence-corrected chi connectivity index (χ4v) is 3.29. The first-order valence-corrected chi connectivity index (χ1v) is 9.04. The van der Waals surface area contributed by atoms with Gasteiger partial charge in [0.15, 0.2) is 0 Å². The van der Waals surface area contributed by atoms with Crippen molar-refractivity contribution in [1.82, 2.24) is 4.57 Å². The Morgan fingerprint density at radius 1 is 1.25 bits per heavy atom. The van der Waals surface area contributed by atoms with E-state index in [0.717, 1.165) is 16.5 Å². The van der Waals surface area contributed by atoms with Gasteiger partial charge in [-0.05, 0) is 17.7 Å². The lowest BCUT2D eigenvalue weighted by molar-refractivity contribution is -0.160. The maximum absolute atomic E-state index is 12.0. The summed E-state index contributed by atoms with van der Waals surface area (Å²) in [6.07, 6.45) is 2.96. The molecule has 28 heavy (non-hydrogen) atoms. The quantitative estimate of drug-likeness (QED) is 0.666. The van der Waals surface area contributed by atoms with Crippen LogP contribution in [-0.4, -0.2) is 59.4 Å². The second kappa shape index (κ2) is 9.01. The van der Waals surface area contributed by atoms with E-state index in [1.165, 1.54) is 6.92 Å². The molecule has 0 amide bonds. The third kappa shape index (κ3) is 4.41. The van der Waals surface area contributed by atoms with Crippen LogP contribution in [0.3, 0.4) is 0 Å². The SMILES string of the molecule is CC(=O)n1cc([C@H]2C=C(C(=O)O)O[C@@H](OCCOCCO)C2)c2ccccc21. The van der Waals surface area contributed by atoms with Crippen molar-refractivity contribution in [1.29, 1.82) is 0 Å². The Bertz CT molecular complexity index is 886. The number of carbonyl (C=O) groups is 2. The number of allylic oxidation sites excluding steroid dienone is 1. The molecule has 1 aromatic heterocycles. The van der Waals surface area contributed by atoms with E-state index >= 15 is 0 Å². The molecule has 0 spiro atoms. The smallest absolute Gasteiger partial charge is 0.370 e. The van der Waals surface area contributed by atoms with Crippen molar-refractivity contribution in [3.05, 3.63) is 47.9 Å². The minimum Gasteiger partial charge on any atom is -0.475 e. The van der Waals surface area contributed by atoms with Crippen molar-refractivity contribution in [3.8, 4) is 0 Å². The van der Waals surface area contributed by atoms with Gasteiger partial charge in [0.05, 0.1) is 31.9 Å². The Labute approximate surface area is 161 Å². The molecular formula is C20H23NO7. The van der Waals surface area contributed by atoms with E-state index in [9.17, 15) is 14.7 Å². The molecule has 0 unspecified atom stereocenters. The number of rotatable bonds is 8. The summed E-state index contributed by atoms with van der Waals surface area (Å²) in [5.41, 5.74) is 1.62. The molecule has 0 saturated carbocycles. The van der Waals surface area contributed by atoms with Crippen LogP contribution in [0.5, 0.6) is 0 Å². The lowest BCUT2D eigenvalue weighted by atomic mass is 9.92. The van der Waals surface area contributed by atoms with Gasteiger partial charge in [-0.3, -0.25) is 9.36 Å². The number of hydrogen-bond acceptors (Lipinski definition) is 6. The van der Waals surface area contributed by atoms with Crippen LogP contribution in [0, 0.1) is 0 Å². The average molecular weight is 389 g/mol. The first-order chi connectivity index (χ1) is 13.5. The third-order valence-electron chi connectivity index (χ3n) is 4.52. The summed E-state index contributed by atoms with van der Waals surface area (Å²) in [4.78, 5) is 23.5. The maximum Gasteiger partial charge on any atom is 0.370 e. The van der Waals surface area contributed by atoms with Crippen LogP contribution in [0.4, 0.5) is 0 Å². The molecule has 1 aromatic carbocycles. The number of ether oxygens (including phenoxy) is 3. The van der Waals surface area contributed by atoms with Gasteiger partial charge >= 0.3 is 5.97 Å². The highest BCUT2D eigenvalue weighted by Crippen LogP contribution is 2.36. The van der Waals surface area contributed by atoms with Crippen molar-refractivity contribution in [3.63, 3.8) is 0 Å². The normalized spacial score (nSPS) is 19.3. The van der Waals surface area contributed by atoms with Gasteiger partial charge in [-0.25, -0.2) is 4.79 Å². The molecule has 3 rings (SSSR count). The molecule has 0 fully saturated rings. The zero-order chi connectivity index (χ0) is 20.1. The number of benzene rings is 1. The molecule has 8 nitrogen and oxygen atoms in total. The van der Waals surface area contributed by atoms with Gasteiger partial charge in [-0.2, -0.15) is 0 Å². The fourth-order valence-electron chi connectivity index (χ4n) is 3.29. The lowest BCUT2D eigenvalue weighted by Gasteiger charge is -2.28. The highest BCUT2D eigenvalue weighted by Gasteiger charge is 2.30. The summed E-state index contributed by atoms with van der Waals surface area (Å²) in [6, 6.07) is 7.50. The molecule has 0 saturated heterocycles. The van der Waals surface area contributed by atoms with Crippen molar-refractivity contribution >= 4 is 22.8 Å². The number of aromatic nitrogens is 1. The summed E-state index contributed by atoms with van der Waals surface area (Å²) in [7, 11) is 0. The van der Waals surface area contributed by atoms with Crippen LogP contribution in [0.1, 0.15) is 29.6 Å². The van der Waals surface area contributed by atoms with E-state index in [4.69, 9.17) is 19.3 Å². The van der Waals surface area contributed by atoms with E-state index < -0.39 is 12.3 Å². The summed E-state index contributed by atoms with van der Waals surface area (Å²) in [5.74, 6) is -1.76. The fraction of sp³-hybridized carbons (Fsp3) is 0.400. The van der Waals surface area contributed by atoms with Gasteiger partial charge in [0.1, 0.15) is 0 Å². The number of aliphatic hydroxyl groups excluding tert-OH is 1. The van der Waals surface area contributed by atoms with E-state index in [1.807, 2.05) is 24.3 Å². The van der Waals surface area contributed by atoms with Crippen molar-refractivity contribution in [2.24, 2.45) is 0 Å². The highest BCUT2D eigenvalue weighted by molar-refractivity contribution is 5.94. The van der Waals surface area contributed by atoms with Crippen LogP contribution in [0.25, 0.3) is 10.9 Å². The molecule has 2 atom stereocenters. The number of hydrogen-bond donors (Lipinski definition) is 2. The molecule has 2 aromatic rings. The van der Waals surface area contributed by atoms with Gasteiger partial charge in [0.25, 0.3) is 0 Å². The number of nitrogens with zero attached hydrogens (tertiary/aromatic N) is 1. The predicted octanol–water partition coefficient (Wildman–Crippen LogP) is 2.13. The van der Waals surface area contributed by atoms with Gasteiger partial charge in [0.2, 0.25) is 18.0 Å². The maximum atomic E-state index is 12.0. The van der Waals surface area contributed by atoms with E-state index in [0.29, 0.717) is 6.42 Å². The molecule has 1 aliphatic heterocycles. The van der Waals surface area contributed by atoms with Crippen molar-refractivity contribution in [2.75, 3.05) is 26.4 Å². The molecule has 1 aliphatic rings. The molecule has 0 aliphatic carbocycles. The molecule has 0 bridgehead atoms. The summed E-state index contributed by atoms with van der Waals surface area (Å²) in [6.45, 7) is 2.09. The Morgan fingerprint density at radius 2 is 2.04 bits per heavy atom. The number of carbonyl (C=O) groups excluding carboxylic acids is 1. The Morgan fingerprint density at radius 3 is 2.75 bits per heavy atom. The Hall–Kier alpha value is -2.68. The van der Waals surface area contributed by atoms with Gasteiger partial charge in [0, 0.05) is 30.8 Å². The number of aliphatic carboxylic acids is 1. The average Bonchev–Trinajstić information content (AvgIpc) is 3.07. The van der Waals surface area contributed by atoms with Gasteiger partial charge in [-0.1, -0.05) is 18.2 Å². The lowest BCUT2D eigenvalue weighted by Crippen LogP contribution is -2.28. The third-order valence-corrected chi connectivity index (χ3v) is 4.52. The van der Waals surface area contributed by atoms with Crippen LogP contribution < -0.4 is 0 Å². The summed E-state index contributed by atoms with van der Waals surface area (Å²) >= 11 is 0. The van der Waals surface area contributed by atoms with Gasteiger partial charge in [-0.15, -0.1) is 0 Å². The number of para-hydroxylation sites is 1. The van der Waals surface area contributed by atoms with Crippen LogP contribution >= 0.6 is 0 Å². The second-order valence-electron chi connectivity index (χ2n) is 6.42. The molecule has 2 heterocycles. The highest BCUT2D eigenvalue weighted by atomic mass is 16.7. The van der Waals surface area contributed by atoms with E-state index in [2.05, 4.69) is 0 Å². The number of fused-ring (bicyclic) bond motifs is 1. The molecule has 8 heteroatoms. The molecule has 150 valence electrons. The molecule has 2 N–H and O–H groups in total. The minimum absolute atomic E-state index is 0.0753. The van der Waals surface area contributed by atoms with Crippen LogP contribution in [0.15, 0.2) is 42.3 Å². The minimum atomic E-state index is -1.18. The molecule has 0 radical (unpaired) electrons. The summed E-state index contributed by atoms with van der Waals surface area (Å²) in [5, 5.41) is 19.0. The van der Waals surface area contributed by atoms with Crippen molar-refractivity contribution in [2.45, 2.75) is 25.6 Å². The topological polar surface area (TPSA) is 107 Å².